The Morgan fingerprint density at radius 3 is 2.50 bits per heavy atom. The number of nitrogens with one attached hydrogen (secondary N) is 1. The molecule has 2 aromatic carbocycles. The van der Waals surface area contributed by atoms with Gasteiger partial charge in [0.15, 0.2) is 11.2 Å². The largest absolute Gasteiger partial charge is 0.480 e. The van der Waals surface area contributed by atoms with Crippen LogP contribution >= 0.6 is 11.3 Å². The minimum absolute atomic E-state index is 0.134. The molecule has 1 saturated heterocycles. The Morgan fingerprint density at radius 2 is 1.85 bits per heavy atom. The highest BCUT2D eigenvalue weighted by atomic mass is 32.1. The van der Waals surface area contributed by atoms with Gasteiger partial charge in [-0.25, -0.2) is 4.98 Å². The zero-order valence-electron chi connectivity index (χ0n) is 22.2. The molecule has 3 heterocycles. The molecule has 0 saturated carbocycles. The molecule has 1 aliphatic rings. The molecule has 12 nitrogen and oxygen atoms in total. The third-order valence-electron chi connectivity index (χ3n) is 6.01. The third-order valence-corrected chi connectivity index (χ3v) is 6.77. The van der Waals surface area contributed by atoms with Crippen molar-refractivity contribution in [1.29, 1.82) is 0 Å². The lowest BCUT2D eigenvalue weighted by atomic mass is 10.1. The fourth-order valence-electron chi connectivity index (χ4n) is 3.94. The number of hydrogen-bond donors (Lipinski definition) is 1. The summed E-state index contributed by atoms with van der Waals surface area (Å²) in [7, 11) is 4.96. The minimum atomic E-state index is -0.660. The number of benzene rings is 2. The molecule has 2 aromatic heterocycles. The fraction of sp³-hybridized carbons (Fsp3) is 0.259. The summed E-state index contributed by atoms with van der Waals surface area (Å²) in [5.41, 5.74) is 1.18. The average molecular weight is 563 g/mol. The summed E-state index contributed by atoms with van der Waals surface area (Å²) < 4.78 is 17.5. The van der Waals surface area contributed by atoms with Crippen LogP contribution in [-0.4, -0.2) is 76.5 Å². The van der Waals surface area contributed by atoms with E-state index in [0.717, 1.165) is 16.9 Å². The van der Waals surface area contributed by atoms with E-state index in [0.29, 0.717) is 42.0 Å². The van der Waals surface area contributed by atoms with Crippen molar-refractivity contribution >= 4 is 34.2 Å². The normalized spacial score (nSPS) is 14.8. The lowest BCUT2D eigenvalue weighted by molar-refractivity contribution is -0.132. The van der Waals surface area contributed by atoms with Crippen LogP contribution < -0.4 is 14.8 Å². The second-order valence-corrected chi connectivity index (χ2v) is 10.2. The van der Waals surface area contributed by atoms with Gasteiger partial charge in [0.05, 0.1) is 0 Å². The summed E-state index contributed by atoms with van der Waals surface area (Å²) in [6.07, 6.45) is -0.132. The molecule has 206 valence electrons. The predicted molar refractivity (Wildman–Crippen MR) is 146 cm³/mol. The number of aromatic nitrogens is 3. The molecular formula is C27H26N6O6S. The van der Waals surface area contributed by atoms with Crippen LogP contribution in [0.3, 0.4) is 0 Å². The van der Waals surface area contributed by atoms with Crippen LogP contribution in [-0.2, 0) is 4.79 Å². The number of carbonyl (C=O) groups is 3. The van der Waals surface area contributed by atoms with Crippen molar-refractivity contribution < 1.29 is 28.3 Å². The number of rotatable bonds is 8. The van der Waals surface area contributed by atoms with E-state index in [-0.39, 0.29) is 28.2 Å². The second-order valence-electron chi connectivity index (χ2n) is 9.29. The molecule has 3 amide bonds. The van der Waals surface area contributed by atoms with Gasteiger partial charge in [-0.05, 0) is 36.4 Å². The van der Waals surface area contributed by atoms with Crippen LogP contribution in [0.1, 0.15) is 33.2 Å². The third kappa shape index (κ3) is 5.94. The van der Waals surface area contributed by atoms with Crippen LogP contribution in [0.5, 0.6) is 17.2 Å². The molecule has 13 heteroatoms. The molecule has 1 N–H and O–H groups in total. The molecule has 0 bridgehead atoms. The Kier molecular flexibility index (Phi) is 7.47. The van der Waals surface area contributed by atoms with Crippen molar-refractivity contribution in [3.05, 3.63) is 65.0 Å². The molecule has 0 radical (unpaired) electrons. The summed E-state index contributed by atoms with van der Waals surface area (Å²) in [5, 5.41) is 12.4. The predicted octanol–water partition coefficient (Wildman–Crippen LogP) is 3.86. The Morgan fingerprint density at radius 1 is 1.10 bits per heavy atom. The van der Waals surface area contributed by atoms with E-state index < -0.39 is 12.0 Å². The van der Waals surface area contributed by atoms with E-state index in [4.69, 9.17) is 13.9 Å². The fourth-order valence-corrected chi connectivity index (χ4v) is 4.62. The number of thiazole rings is 1. The smallest absolute Gasteiger partial charge is 0.272 e. The van der Waals surface area contributed by atoms with Crippen molar-refractivity contribution in [2.24, 2.45) is 0 Å². The van der Waals surface area contributed by atoms with Gasteiger partial charge in [-0.3, -0.25) is 19.7 Å². The Balaban J connectivity index is 1.39. The maximum atomic E-state index is 13.2. The number of amides is 3. The van der Waals surface area contributed by atoms with E-state index in [1.165, 1.54) is 11.0 Å². The Labute approximate surface area is 233 Å². The van der Waals surface area contributed by atoms with Crippen LogP contribution in [0, 0.1) is 6.92 Å². The first-order valence-electron chi connectivity index (χ1n) is 12.3. The number of anilines is 1. The highest BCUT2D eigenvalue weighted by Gasteiger charge is 2.31. The van der Waals surface area contributed by atoms with E-state index in [1.54, 1.807) is 74.7 Å². The van der Waals surface area contributed by atoms with Gasteiger partial charge in [0.1, 0.15) is 22.9 Å². The standard InChI is InChI=1S/C27H26N6O6S/c1-15-30-31-24(37-15)16-5-7-18(8-6-16)38-19-11-17(12-20(13-19)39-22-9-10-33(4)26(22)36)23(34)29-27-28-21(14-40-27)25(35)32(2)3/h5-8,11-14,22H,9-10H2,1-4H3,(H,28,29,34). The van der Waals surface area contributed by atoms with Crippen molar-refractivity contribution in [3.8, 4) is 28.7 Å². The summed E-state index contributed by atoms with van der Waals surface area (Å²) in [6, 6.07) is 11.7. The number of nitrogens with zero attached hydrogens (tertiary/aromatic N) is 5. The molecule has 1 unspecified atom stereocenters. The van der Waals surface area contributed by atoms with Crippen molar-refractivity contribution in [2.75, 3.05) is 33.0 Å². The van der Waals surface area contributed by atoms with Gasteiger partial charge in [0.25, 0.3) is 17.7 Å². The van der Waals surface area contributed by atoms with Gasteiger partial charge >= 0.3 is 0 Å². The zero-order chi connectivity index (χ0) is 28.4. The van der Waals surface area contributed by atoms with Crippen LogP contribution in [0.15, 0.2) is 52.3 Å². The second kappa shape index (κ2) is 11.1. The molecule has 5 rings (SSSR count). The Hall–Kier alpha value is -4.78. The highest BCUT2D eigenvalue weighted by molar-refractivity contribution is 7.14. The van der Waals surface area contributed by atoms with Crippen molar-refractivity contribution in [2.45, 2.75) is 19.4 Å². The van der Waals surface area contributed by atoms with Crippen molar-refractivity contribution in [1.82, 2.24) is 25.0 Å². The van der Waals surface area contributed by atoms with E-state index in [2.05, 4.69) is 20.5 Å². The van der Waals surface area contributed by atoms with E-state index in [1.807, 2.05) is 0 Å². The van der Waals surface area contributed by atoms with Crippen molar-refractivity contribution in [3.63, 3.8) is 0 Å². The molecule has 1 fully saturated rings. The van der Waals surface area contributed by atoms with E-state index >= 15 is 0 Å². The van der Waals surface area contributed by atoms with Gasteiger partial charge in [0, 0.05) is 63.6 Å². The topological polar surface area (TPSA) is 140 Å². The molecule has 1 aliphatic heterocycles. The molecule has 1 atom stereocenters. The summed E-state index contributed by atoms with van der Waals surface area (Å²) in [5.74, 6) is 1.09. The average Bonchev–Trinajstić information content (AvgIpc) is 3.66. The lowest BCUT2D eigenvalue weighted by Crippen LogP contribution is -2.29. The lowest BCUT2D eigenvalue weighted by Gasteiger charge is -2.15. The van der Waals surface area contributed by atoms with Gasteiger partial charge < -0.3 is 23.7 Å². The van der Waals surface area contributed by atoms with Crippen LogP contribution in [0.2, 0.25) is 0 Å². The summed E-state index contributed by atoms with van der Waals surface area (Å²) in [4.78, 5) is 45.0. The number of likely N-dealkylation sites (tertiary alicyclic amines) is 1. The minimum Gasteiger partial charge on any atom is -0.480 e. The summed E-state index contributed by atoms with van der Waals surface area (Å²) in [6.45, 7) is 2.29. The number of likely N-dealkylation sites (N-methyl/N-ethyl adjacent to an activating group) is 1. The maximum absolute atomic E-state index is 13.2. The summed E-state index contributed by atoms with van der Waals surface area (Å²) >= 11 is 1.14. The number of carbonyl (C=O) groups excluding carboxylic acids is 3. The first-order chi connectivity index (χ1) is 19.2. The monoisotopic (exact) mass is 562 g/mol. The van der Waals surface area contributed by atoms with Crippen LogP contribution in [0.4, 0.5) is 5.13 Å². The SMILES string of the molecule is Cc1nnc(-c2ccc(Oc3cc(OC4CCN(C)C4=O)cc(C(=O)Nc4nc(C(=O)N(C)C)cs4)c3)cc2)o1. The van der Waals surface area contributed by atoms with Gasteiger partial charge in [0.2, 0.25) is 11.8 Å². The first-order valence-corrected chi connectivity index (χ1v) is 13.2. The zero-order valence-corrected chi connectivity index (χ0v) is 23.0. The number of hydrogen-bond acceptors (Lipinski definition) is 10. The molecule has 40 heavy (non-hydrogen) atoms. The van der Waals surface area contributed by atoms with Crippen LogP contribution in [0.25, 0.3) is 11.5 Å². The maximum Gasteiger partial charge on any atom is 0.272 e. The first kappa shape index (κ1) is 26.8. The molecule has 0 spiro atoms. The van der Waals surface area contributed by atoms with Gasteiger partial charge in [-0.2, -0.15) is 0 Å². The quantitative estimate of drug-likeness (QED) is 0.339. The molecule has 4 aromatic rings. The number of ether oxygens (including phenoxy) is 2. The van der Waals surface area contributed by atoms with E-state index in [9.17, 15) is 14.4 Å². The molecular weight excluding hydrogens is 536 g/mol. The van der Waals surface area contributed by atoms with Gasteiger partial charge in [-0.1, -0.05) is 0 Å². The highest BCUT2D eigenvalue weighted by Crippen LogP contribution is 2.31. The Bertz CT molecular complexity index is 1560. The number of aryl methyl sites for hydroxylation is 1. The van der Waals surface area contributed by atoms with Gasteiger partial charge in [-0.15, -0.1) is 21.5 Å². The molecule has 0 aliphatic carbocycles.